The first-order valence-corrected chi connectivity index (χ1v) is 7.32. The first-order valence-electron chi connectivity index (χ1n) is 6.94. The molecule has 5 heteroatoms. The van der Waals surface area contributed by atoms with Crippen molar-refractivity contribution in [1.82, 2.24) is 5.32 Å². The monoisotopic (exact) mass is 297 g/mol. The average molecular weight is 298 g/mol. The number of carbonyl (C=O) groups excluding carboxylic acids is 1. The fourth-order valence-electron chi connectivity index (χ4n) is 2.55. The van der Waals surface area contributed by atoms with Gasteiger partial charge in [-0.25, -0.2) is 0 Å². The number of rotatable bonds is 5. The number of amides is 1. The zero-order valence-corrected chi connectivity index (χ0v) is 12.0. The van der Waals surface area contributed by atoms with Gasteiger partial charge in [0, 0.05) is 17.5 Å². The molecule has 1 aromatic rings. The molecule has 20 heavy (non-hydrogen) atoms. The van der Waals surface area contributed by atoms with Crippen molar-refractivity contribution in [3.63, 3.8) is 0 Å². The maximum atomic E-state index is 11.8. The highest BCUT2D eigenvalue weighted by Crippen LogP contribution is 2.25. The number of nitrogens with one attached hydrogen (secondary N) is 1. The van der Waals surface area contributed by atoms with E-state index >= 15 is 0 Å². The standard InChI is InChI=1S/C15H20ClNO3/c16-12-6-4-10(5-7-12)14(19)8-15(20)17-9-11-2-1-3-13(11)18/h4-7,11,13-14,18-19H,1-3,8-9H2,(H,17,20). The molecule has 1 aliphatic rings. The van der Waals surface area contributed by atoms with Crippen molar-refractivity contribution in [3.8, 4) is 0 Å². The lowest BCUT2D eigenvalue weighted by Gasteiger charge is -2.16. The van der Waals surface area contributed by atoms with Gasteiger partial charge in [-0.15, -0.1) is 0 Å². The van der Waals surface area contributed by atoms with Gasteiger partial charge in [0.05, 0.1) is 18.6 Å². The van der Waals surface area contributed by atoms with Crippen molar-refractivity contribution in [1.29, 1.82) is 0 Å². The molecule has 1 aliphatic carbocycles. The molecule has 3 atom stereocenters. The lowest BCUT2D eigenvalue weighted by Crippen LogP contribution is -2.33. The van der Waals surface area contributed by atoms with Gasteiger partial charge >= 0.3 is 0 Å². The predicted molar refractivity (Wildman–Crippen MR) is 77.4 cm³/mol. The van der Waals surface area contributed by atoms with Gasteiger partial charge in [-0.05, 0) is 30.5 Å². The van der Waals surface area contributed by atoms with Crippen molar-refractivity contribution in [2.24, 2.45) is 5.92 Å². The second-order valence-electron chi connectivity index (χ2n) is 5.33. The second-order valence-corrected chi connectivity index (χ2v) is 5.77. The number of halogens is 1. The SMILES string of the molecule is O=C(CC(O)c1ccc(Cl)cc1)NCC1CCCC1O. The molecule has 4 nitrogen and oxygen atoms in total. The third-order valence-electron chi connectivity index (χ3n) is 3.81. The molecule has 110 valence electrons. The van der Waals surface area contributed by atoms with Crippen LogP contribution >= 0.6 is 11.6 Å². The van der Waals surface area contributed by atoms with Gasteiger partial charge in [0.1, 0.15) is 0 Å². The smallest absolute Gasteiger partial charge is 0.222 e. The minimum absolute atomic E-state index is 0.0183. The maximum Gasteiger partial charge on any atom is 0.222 e. The van der Waals surface area contributed by atoms with Crippen LogP contribution in [-0.2, 0) is 4.79 Å². The van der Waals surface area contributed by atoms with Gasteiger partial charge in [0.25, 0.3) is 0 Å². The summed E-state index contributed by atoms with van der Waals surface area (Å²) >= 11 is 5.77. The van der Waals surface area contributed by atoms with Gasteiger partial charge in [-0.2, -0.15) is 0 Å². The molecule has 1 fully saturated rings. The Kier molecular flexibility index (Phi) is 5.40. The van der Waals surface area contributed by atoms with Gasteiger partial charge in [-0.3, -0.25) is 4.79 Å². The maximum absolute atomic E-state index is 11.8. The molecule has 0 spiro atoms. The Labute approximate surface area is 123 Å². The first kappa shape index (κ1) is 15.3. The zero-order chi connectivity index (χ0) is 14.5. The molecule has 3 N–H and O–H groups in total. The van der Waals surface area contributed by atoms with Crippen molar-refractivity contribution in [2.75, 3.05) is 6.54 Å². The number of aliphatic hydroxyl groups excluding tert-OH is 2. The van der Waals surface area contributed by atoms with Crippen LogP contribution in [0.5, 0.6) is 0 Å². The lowest BCUT2D eigenvalue weighted by molar-refractivity contribution is -0.123. The van der Waals surface area contributed by atoms with E-state index < -0.39 is 6.10 Å². The average Bonchev–Trinajstić information content (AvgIpc) is 2.82. The van der Waals surface area contributed by atoms with E-state index in [1.165, 1.54) is 0 Å². The Morgan fingerprint density at radius 3 is 2.65 bits per heavy atom. The van der Waals surface area contributed by atoms with E-state index in [0.29, 0.717) is 17.1 Å². The van der Waals surface area contributed by atoms with E-state index in [4.69, 9.17) is 11.6 Å². The Morgan fingerprint density at radius 2 is 2.05 bits per heavy atom. The summed E-state index contributed by atoms with van der Waals surface area (Å²) in [6.45, 7) is 0.480. The molecule has 2 rings (SSSR count). The summed E-state index contributed by atoms with van der Waals surface area (Å²) in [7, 11) is 0. The van der Waals surface area contributed by atoms with Crippen LogP contribution in [0.2, 0.25) is 5.02 Å². The van der Waals surface area contributed by atoms with E-state index in [0.717, 1.165) is 19.3 Å². The summed E-state index contributed by atoms with van der Waals surface area (Å²) in [5, 5.41) is 23.0. The largest absolute Gasteiger partial charge is 0.393 e. The van der Waals surface area contributed by atoms with Crippen LogP contribution in [0, 0.1) is 5.92 Å². The van der Waals surface area contributed by atoms with Gasteiger partial charge in [-0.1, -0.05) is 30.2 Å². The Morgan fingerprint density at radius 1 is 1.35 bits per heavy atom. The number of aliphatic hydroxyl groups is 2. The predicted octanol–water partition coefficient (Wildman–Crippen LogP) is 2.04. The van der Waals surface area contributed by atoms with Crippen LogP contribution in [0.25, 0.3) is 0 Å². The lowest BCUT2D eigenvalue weighted by atomic mass is 10.0. The Balaban J connectivity index is 1.77. The van der Waals surface area contributed by atoms with Crippen molar-refractivity contribution < 1.29 is 15.0 Å². The number of benzene rings is 1. The summed E-state index contributed by atoms with van der Waals surface area (Å²) in [4.78, 5) is 11.8. The van der Waals surface area contributed by atoms with Crippen molar-refractivity contribution in [2.45, 2.75) is 37.9 Å². The summed E-state index contributed by atoms with van der Waals surface area (Å²) in [6, 6.07) is 6.79. The van der Waals surface area contributed by atoms with Crippen LogP contribution in [0.4, 0.5) is 0 Å². The van der Waals surface area contributed by atoms with E-state index in [2.05, 4.69) is 5.32 Å². The third-order valence-corrected chi connectivity index (χ3v) is 4.07. The molecule has 3 unspecified atom stereocenters. The molecule has 0 aromatic heterocycles. The molecule has 0 radical (unpaired) electrons. The first-order chi connectivity index (χ1) is 9.56. The number of hydrogen-bond donors (Lipinski definition) is 3. The highest BCUT2D eigenvalue weighted by atomic mass is 35.5. The summed E-state index contributed by atoms with van der Waals surface area (Å²) in [6.07, 6.45) is 1.64. The van der Waals surface area contributed by atoms with Crippen LogP contribution < -0.4 is 5.32 Å². The minimum atomic E-state index is -0.833. The van der Waals surface area contributed by atoms with E-state index in [9.17, 15) is 15.0 Å². The molecule has 1 amide bonds. The number of carbonyl (C=O) groups is 1. The van der Waals surface area contributed by atoms with Gasteiger partial charge in [0.15, 0.2) is 0 Å². The molecule has 1 aromatic carbocycles. The van der Waals surface area contributed by atoms with Gasteiger partial charge < -0.3 is 15.5 Å². The van der Waals surface area contributed by atoms with E-state index in [-0.39, 0.29) is 24.3 Å². The fourth-order valence-corrected chi connectivity index (χ4v) is 2.68. The van der Waals surface area contributed by atoms with Crippen molar-refractivity contribution >= 4 is 17.5 Å². The number of hydrogen-bond acceptors (Lipinski definition) is 3. The summed E-state index contributed by atoms with van der Waals surface area (Å²) < 4.78 is 0. The van der Waals surface area contributed by atoms with Crippen LogP contribution in [-0.4, -0.2) is 28.8 Å². The Bertz CT molecular complexity index is 449. The van der Waals surface area contributed by atoms with E-state index in [1.54, 1.807) is 24.3 Å². The van der Waals surface area contributed by atoms with Crippen LogP contribution in [0.3, 0.4) is 0 Å². The van der Waals surface area contributed by atoms with Crippen LogP contribution in [0.15, 0.2) is 24.3 Å². The molecule has 0 bridgehead atoms. The normalized spacial score (nSPS) is 23.6. The van der Waals surface area contributed by atoms with E-state index in [1.807, 2.05) is 0 Å². The molecular formula is C15H20ClNO3. The summed E-state index contributed by atoms with van der Waals surface area (Å²) in [5.41, 5.74) is 0.672. The highest BCUT2D eigenvalue weighted by molar-refractivity contribution is 6.30. The molecule has 1 saturated carbocycles. The fraction of sp³-hybridized carbons (Fsp3) is 0.533. The third kappa shape index (κ3) is 4.20. The summed E-state index contributed by atoms with van der Waals surface area (Å²) in [5.74, 6) is -0.0572. The van der Waals surface area contributed by atoms with Crippen molar-refractivity contribution in [3.05, 3.63) is 34.9 Å². The Hall–Kier alpha value is -1.10. The molecular weight excluding hydrogens is 278 g/mol. The topological polar surface area (TPSA) is 69.6 Å². The zero-order valence-electron chi connectivity index (χ0n) is 11.3. The second kappa shape index (κ2) is 7.07. The quantitative estimate of drug-likeness (QED) is 0.779. The molecule has 0 aliphatic heterocycles. The highest BCUT2D eigenvalue weighted by Gasteiger charge is 2.25. The molecule has 0 saturated heterocycles. The van der Waals surface area contributed by atoms with Crippen LogP contribution in [0.1, 0.15) is 37.4 Å². The minimum Gasteiger partial charge on any atom is -0.393 e. The molecule has 0 heterocycles. The van der Waals surface area contributed by atoms with Gasteiger partial charge in [0.2, 0.25) is 5.91 Å².